The summed E-state index contributed by atoms with van der Waals surface area (Å²) in [6.45, 7) is 2.57. The molecule has 0 aromatic heterocycles. The zero-order valence-electron chi connectivity index (χ0n) is 8.16. The minimum Gasteiger partial charge on any atom is -0.300 e. The summed E-state index contributed by atoms with van der Waals surface area (Å²) in [5, 5.41) is 2.49. The van der Waals surface area contributed by atoms with Crippen LogP contribution in [-0.2, 0) is 11.4 Å². The van der Waals surface area contributed by atoms with Gasteiger partial charge in [-0.1, -0.05) is 36.4 Å². The SMILES string of the molecule is Cc1ccc(CON)c2ccccc12. The number of rotatable bonds is 2. The molecule has 14 heavy (non-hydrogen) atoms. The quantitative estimate of drug-likeness (QED) is 0.733. The van der Waals surface area contributed by atoms with E-state index in [0.717, 1.165) is 5.56 Å². The van der Waals surface area contributed by atoms with Gasteiger partial charge >= 0.3 is 0 Å². The maximum atomic E-state index is 5.09. The van der Waals surface area contributed by atoms with Crippen molar-refractivity contribution in [3.63, 3.8) is 0 Å². The lowest BCUT2D eigenvalue weighted by Crippen LogP contribution is -1.99. The van der Waals surface area contributed by atoms with E-state index < -0.39 is 0 Å². The molecule has 0 aliphatic carbocycles. The second kappa shape index (κ2) is 3.78. The molecule has 0 saturated heterocycles. The van der Waals surface area contributed by atoms with Crippen LogP contribution in [0.25, 0.3) is 10.8 Å². The Kier molecular flexibility index (Phi) is 2.48. The van der Waals surface area contributed by atoms with E-state index in [9.17, 15) is 0 Å². The molecule has 0 saturated carbocycles. The van der Waals surface area contributed by atoms with Crippen molar-refractivity contribution >= 4 is 10.8 Å². The van der Waals surface area contributed by atoms with Crippen LogP contribution in [0.5, 0.6) is 0 Å². The summed E-state index contributed by atoms with van der Waals surface area (Å²) in [4.78, 5) is 4.68. The Morgan fingerprint density at radius 3 is 2.50 bits per heavy atom. The second-order valence-electron chi connectivity index (χ2n) is 3.40. The summed E-state index contributed by atoms with van der Waals surface area (Å²) in [5.41, 5.74) is 2.41. The van der Waals surface area contributed by atoms with Gasteiger partial charge in [-0.3, -0.25) is 4.84 Å². The molecule has 2 N–H and O–H groups in total. The molecule has 0 atom stereocenters. The highest BCUT2D eigenvalue weighted by atomic mass is 16.6. The van der Waals surface area contributed by atoms with Gasteiger partial charge in [0.05, 0.1) is 6.61 Å². The first kappa shape index (κ1) is 9.19. The molecule has 0 unspecified atom stereocenters. The maximum absolute atomic E-state index is 5.09. The lowest BCUT2D eigenvalue weighted by Gasteiger charge is -2.07. The number of benzene rings is 2. The molecule has 2 rings (SSSR count). The average Bonchev–Trinajstić information content (AvgIpc) is 2.23. The Balaban J connectivity index is 2.68. The van der Waals surface area contributed by atoms with Gasteiger partial charge in [-0.05, 0) is 28.8 Å². The van der Waals surface area contributed by atoms with E-state index in [0.29, 0.717) is 6.61 Å². The molecule has 0 amide bonds. The van der Waals surface area contributed by atoms with Crippen LogP contribution in [-0.4, -0.2) is 0 Å². The fourth-order valence-electron chi connectivity index (χ4n) is 1.73. The van der Waals surface area contributed by atoms with Gasteiger partial charge in [0, 0.05) is 0 Å². The molecule has 0 spiro atoms. The highest BCUT2D eigenvalue weighted by Gasteiger charge is 2.01. The number of nitrogens with two attached hydrogens (primary N) is 1. The van der Waals surface area contributed by atoms with Gasteiger partial charge in [-0.2, -0.15) is 0 Å². The van der Waals surface area contributed by atoms with Crippen LogP contribution < -0.4 is 5.90 Å². The third-order valence-electron chi connectivity index (χ3n) is 2.47. The molecule has 0 fully saturated rings. The van der Waals surface area contributed by atoms with Gasteiger partial charge in [0.2, 0.25) is 0 Å². The van der Waals surface area contributed by atoms with Gasteiger partial charge in [0.25, 0.3) is 0 Å². The third kappa shape index (κ3) is 1.50. The summed E-state index contributed by atoms with van der Waals surface area (Å²) in [7, 11) is 0. The number of hydrogen-bond acceptors (Lipinski definition) is 2. The average molecular weight is 187 g/mol. The number of aryl methyl sites for hydroxylation is 1. The highest BCUT2D eigenvalue weighted by Crippen LogP contribution is 2.22. The van der Waals surface area contributed by atoms with E-state index in [-0.39, 0.29) is 0 Å². The smallest absolute Gasteiger partial charge is 0.0936 e. The number of fused-ring (bicyclic) bond motifs is 1. The molecular weight excluding hydrogens is 174 g/mol. The van der Waals surface area contributed by atoms with Crippen LogP contribution in [0.3, 0.4) is 0 Å². The number of hydrogen-bond donors (Lipinski definition) is 1. The summed E-state index contributed by atoms with van der Waals surface area (Å²) in [5.74, 6) is 5.09. The summed E-state index contributed by atoms with van der Waals surface area (Å²) in [6, 6.07) is 12.4. The molecule has 2 nitrogen and oxygen atoms in total. The zero-order valence-corrected chi connectivity index (χ0v) is 8.16. The topological polar surface area (TPSA) is 35.2 Å². The first-order valence-electron chi connectivity index (χ1n) is 4.62. The van der Waals surface area contributed by atoms with Crippen molar-refractivity contribution in [2.75, 3.05) is 0 Å². The van der Waals surface area contributed by atoms with E-state index in [1.807, 2.05) is 12.1 Å². The lowest BCUT2D eigenvalue weighted by molar-refractivity contribution is 0.125. The largest absolute Gasteiger partial charge is 0.300 e. The fraction of sp³-hybridized carbons (Fsp3) is 0.167. The van der Waals surface area contributed by atoms with Crippen LogP contribution >= 0.6 is 0 Å². The molecule has 0 bridgehead atoms. The Morgan fingerprint density at radius 1 is 1.07 bits per heavy atom. The summed E-state index contributed by atoms with van der Waals surface area (Å²) in [6.07, 6.45) is 0. The monoisotopic (exact) mass is 187 g/mol. The summed E-state index contributed by atoms with van der Waals surface area (Å²) >= 11 is 0. The van der Waals surface area contributed by atoms with Crippen molar-refractivity contribution in [2.45, 2.75) is 13.5 Å². The predicted molar refractivity (Wildman–Crippen MR) is 57.7 cm³/mol. The Bertz CT molecular complexity index is 451. The van der Waals surface area contributed by atoms with Gasteiger partial charge in [-0.15, -0.1) is 0 Å². The minimum absolute atomic E-state index is 0.459. The van der Waals surface area contributed by atoms with Crippen molar-refractivity contribution in [3.05, 3.63) is 47.5 Å². The van der Waals surface area contributed by atoms with E-state index >= 15 is 0 Å². The van der Waals surface area contributed by atoms with Gasteiger partial charge < -0.3 is 0 Å². The molecule has 72 valence electrons. The maximum Gasteiger partial charge on any atom is 0.0936 e. The van der Waals surface area contributed by atoms with Crippen molar-refractivity contribution < 1.29 is 4.84 Å². The van der Waals surface area contributed by atoms with Gasteiger partial charge in [0.15, 0.2) is 0 Å². The fourth-order valence-corrected chi connectivity index (χ4v) is 1.73. The molecule has 2 heteroatoms. The standard InChI is InChI=1S/C12H13NO/c1-9-6-7-10(8-14-13)12-5-3-2-4-11(9)12/h2-7H,8,13H2,1H3. The molecule has 2 aromatic rings. The Morgan fingerprint density at radius 2 is 1.79 bits per heavy atom. The molecule has 0 aliphatic heterocycles. The molecular formula is C12H13NO. The van der Waals surface area contributed by atoms with Crippen molar-refractivity contribution in [2.24, 2.45) is 5.90 Å². The van der Waals surface area contributed by atoms with E-state index in [4.69, 9.17) is 5.90 Å². The van der Waals surface area contributed by atoms with E-state index in [1.54, 1.807) is 0 Å². The molecule has 0 radical (unpaired) electrons. The Labute approximate surface area is 83.3 Å². The van der Waals surface area contributed by atoms with Crippen molar-refractivity contribution in [3.8, 4) is 0 Å². The highest BCUT2D eigenvalue weighted by molar-refractivity contribution is 5.88. The Hall–Kier alpha value is -1.38. The molecule has 2 aromatic carbocycles. The predicted octanol–water partition coefficient (Wildman–Crippen LogP) is 2.54. The normalized spacial score (nSPS) is 10.7. The van der Waals surface area contributed by atoms with Crippen molar-refractivity contribution in [1.29, 1.82) is 0 Å². The van der Waals surface area contributed by atoms with E-state index in [2.05, 4.69) is 36.0 Å². The zero-order chi connectivity index (χ0) is 9.97. The lowest BCUT2D eigenvalue weighted by atomic mass is 10.0. The first-order valence-corrected chi connectivity index (χ1v) is 4.62. The third-order valence-corrected chi connectivity index (χ3v) is 2.47. The molecule has 0 aliphatic rings. The second-order valence-corrected chi connectivity index (χ2v) is 3.40. The summed E-state index contributed by atoms with van der Waals surface area (Å²) < 4.78 is 0. The van der Waals surface area contributed by atoms with Crippen molar-refractivity contribution in [1.82, 2.24) is 0 Å². The first-order chi connectivity index (χ1) is 6.83. The molecule has 0 heterocycles. The minimum atomic E-state index is 0.459. The van der Waals surface area contributed by atoms with Crippen LogP contribution in [0.2, 0.25) is 0 Å². The van der Waals surface area contributed by atoms with E-state index in [1.165, 1.54) is 16.3 Å². The van der Waals surface area contributed by atoms with Gasteiger partial charge in [0.1, 0.15) is 0 Å². The van der Waals surface area contributed by atoms with Gasteiger partial charge in [-0.25, -0.2) is 5.90 Å². The van der Waals surface area contributed by atoms with Crippen LogP contribution in [0, 0.1) is 6.92 Å². The van der Waals surface area contributed by atoms with Crippen LogP contribution in [0.15, 0.2) is 36.4 Å². The van der Waals surface area contributed by atoms with Crippen LogP contribution in [0.4, 0.5) is 0 Å². The van der Waals surface area contributed by atoms with Crippen LogP contribution in [0.1, 0.15) is 11.1 Å².